The van der Waals surface area contributed by atoms with Gasteiger partial charge < -0.3 is 23.7 Å². The number of carbonyl (C=O) groups is 6. The van der Waals surface area contributed by atoms with E-state index in [1.54, 1.807) is 0 Å². The molecule has 0 aliphatic rings. The molecule has 0 fully saturated rings. The van der Waals surface area contributed by atoms with Gasteiger partial charge in [0, 0.05) is 41.6 Å². The number of rotatable bonds is 22. The van der Waals surface area contributed by atoms with Crippen LogP contribution in [0.15, 0.2) is 25.3 Å². The minimum absolute atomic E-state index is 0.0259. The van der Waals surface area contributed by atoms with Gasteiger partial charge in [-0.2, -0.15) is 23.5 Å². The normalized spacial score (nSPS) is 10.6. The average molecular weight is 577 g/mol. The molecule has 11 nitrogen and oxygen atoms in total. The summed E-state index contributed by atoms with van der Waals surface area (Å²) in [5, 5.41) is 0. The SMILES string of the molecule is C=CC(=O)OCC(COC(=O)C=C)(COC(=O)CCSCCC(C)=O)COC(=O)CCSCCC(=O)OC. The maximum Gasteiger partial charge on any atom is 0.330 e. The zero-order chi connectivity index (χ0) is 28.8. The third kappa shape index (κ3) is 18.4. The van der Waals surface area contributed by atoms with Crippen LogP contribution in [0.3, 0.4) is 0 Å². The van der Waals surface area contributed by atoms with Gasteiger partial charge in [0.25, 0.3) is 0 Å². The van der Waals surface area contributed by atoms with Crippen LogP contribution in [0, 0.1) is 5.41 Å². The number of carbonyl (C=O) groups excluding carboxylic acids is 6. The second-order valence-electron chi connectivity index (χ2n) is 7.95. The molecule has 0 saturated carbocycles. The van der Waals surface area contributed by atoms with E-state index in [-0.39, 0.29) is 44.2 Å². The van der Waals surface area contributed by atoms with Crippen molar-refractivity contribution in [1.82, 2.24) is 0 Å². The lowest BCUT2D eigenvalue weighted by Gasteiger charge is -2.31. The van der Waals surface area contributed by atoms with Crippen LogP contribution in [0.5, 0.6) is 0 Å². The van der Waals surface area contributed by atoms with E-state index in [1.165, 1.54) is 37.6 Å². The highest BCUT2D eigenvalue weighted by Crippen LogP contribution is 2.22. The first-order valence-electron chi connectivity index (χ1n) is 11.7. The molecular formula is C25H36O11S2. The first-order chi connectivity index (χ1) is 18.1. The molecule has 0 rings (SSSR count). The third-order valence-electron chi connectivity index (χ3n) is 4.63. The molecule has 13 heteroatoms. The van der Waals surface area contributed by atoms with Gasteiger partial charge in [0.05, 0.1) is 26.4 Å². The highest BCUT2D eigenvalue weighted by Gasteiger charge is 2.37. The summed E-state index contributed by atoms with van der Waals surface area (Å²) >= 11 is 2.79. The quantitative estimate of drug-likeness (QED) is 0.0804. The maximum atomic E-state index is 12.3. The minimum Gasteiger partial charge on any atom is -0.469 e. The molecule has 0 amide bonds. The Morgan fingerprint density at radius 3 is 1.37 bits per heavy atom. The monoisotopic (exact) mass is 576 g/mol. The molecule has 0 saturated heterocycles. The van der Waals surface area contributed by atoms with Crippen LogP contribution < -0.4 is 0 Å². The third-order valence-corrected chi connectivity index (χ3v) is 6.60. The van der Waals surface area contributed by atoms with Gasteiger partial charge in [-0.15, -0.1) is 0 Å². The Bertz CT molecular complexity index is 802. The fourth-order valence-electron chi connectivity index (χ4n) is 2.42. The van der Waals surface area contributed by atoms with Crippen LogP contribution in [0.25, 0.3) is 0 Å². The molecule has 0 heterocycles. The number of ether oxygens (including phenoxy) is 5. The number of ketones is 1. The van der Waals surface area contributed by atoms with Gasteiger partial charge in [-0.25, -0.2) is 9.59 Å². The van der Waals surface area contributed by atoms with E-state index in [0.717, 1.165) is 12.2 Å². The Morgan fingerprint density at radius 1 is 0.632 bits per heavy atom. The second-order valence-corrected chi connectivity index (χ2v) is 10.4. The molecule has 0 radical (unpaired) electrons. The predicted molar refractivity (Wildman–Crippen MR) is 142 cm³/mol. The fraction of sp³-hybridized carbons (Fsp3) is 0.600. The highest BCUT2D eigenvalue weighted by molar-refractivity contribution is 7.99. The van der Waals surface area contributed by atoms with Gasteiger partial charge in [-0.05, 0) is 6.92 Å². The number of Topliss-reactive ketones (excluding diaryl/α,β-unsaturated/α-hetero) is 1. The highest BCUT2D eigenvalue weighted by atomic mass is 32.2. The van der Waals surface area contributed by atoms with E-state index in [4.69, 9.17) is 18.9 Å². The number of esters is 5. The molecule has 0 N–H and O–H groups in total. The van der Waals surface area contributed by atoms with Crippen LogP contribution in [0.4, 0.5) is 0 Å². The van der Waals surface area contributed by atoms with Crippen LogP contribution in [-0.4, -0.2) is 92.2 Å². The average Bonchev–Trinajstić information content (AvgIpc) is 2.90. The summed E-state index contributed by atoms with van der Waals surface area (Å²) in [6.07, 6.45) is 2.56. The number of hydrogen-bond acceptors (Lipinski definition) is 13. The predicted octanol–water partition coefficient (Wildman–Crippen LogP) is 2.31. The zero-order valence-electron chi connectivity index (χ0n) is 21.9. The topological polar surface area (TPSA) is 149 Å². The summed E-state index contributed by atoms with van der Waals surface area (Å²) in [7, 11) is 1.29. The summed E-state index contributed by atoms with van der Waals surface area (Å²) in [6.45, 7) is 6.58. The number of thioether (sulfide) groups is 2. The lowest BCUT2D eigenvalue weighted by atomic mass is 9.92. The van der Waals surface area contributed by atoms with Gasteiger partial charge in [0.1, 0.15) is 37.6 Å². The van der Waals surface area contributed by atoms with E-state index in [9.17, 15) is 28.8 Å². The minimum atomic E-state index is -1.39. The van der Waals surface area contributed by atoms with Crippen molar-refractivity contribution >= 4 is 59.2 Å². The van der Waals surface area contributed by atoms with Crippen LogP contribution in [0.2, 0.25) is 0 Å². The molecule has 0 aromatic heterocycles. The van der Waals surface area contributed by atoms with Crippen molar-refractivity contribution in [2.45, 2.75) is 32.6 Å². The van der Waals surface area contributed by atoms with Crippen molar-refractivity contribution in [3.63, 3.8) is 0 Å². The van der Waals surface area contributed by atoms with Gasteiger partial charge >= 0.3 is 29.8 Å². The number of hydrogen-bond donors (Lipinski definition) is 0. The Hall–Kier alpha value is -2.80. The summed E-state index contributed by atoms with van der Waals surface area (Å²) in [5.74, 6) is -1.12. The van der Waals surface area contributed by atoms with Crippen molar-refractivity contribution in [2.75, 3.05) is 56.5 Å². The first kappa shape index (κ1) is 35.2. The largest absolute Gasteiger partial charge is 0.469 e. The second kappa shape index (κ2) is 21.2. The summed E-state index contributed by atoms with van der Waals surface area (Å²) in [4.78, 5) is 70.2. The summed E-state index contributed by atoms with van der Waals surface area (Å²) < 4.78 is 25.5. The van der Waals surface area contributed by atoms with Crippen molar-refractivity contribution in [3.05, 3.63) is 25.3 Å². The van der Waals surface area contributed by atoms with Crippen LogP contribution >= 0.6 is 23.5 Å². The Kier molecular flexibility index (Phi) is 19.6. The van der Waals surface area contributed by atoms with Crippen molar-refractivity contribution < 1.29 is 52.5 Å². The van der Waals surface area contributed by atoms with E-state index in [1.807, 2.05) is 0 Å². The van der Waals surface area contributed by atoms with Crippen LogP contribution in [0.1, 0.15) is 32.6 Å². The lowest BCUT2D eigenvalue weighted by Crippen LogP contribution is -2.43. The van der Waals surface area contributed by atoms with Gasteiger partial charge in [0.2, 0.25) is 0 Å². The zero-order valence-corrected chi connectivity index (χ0v) is 23.5. The molecule has 0 aliphatic heterocycles. The summed E-state index contributed by atoms with van der Waals surface area (Å²) in [6, 6.07) is 0. The molecule has 0 aromatic rings. The molecule has 38 heavy (non-hydrogen) atoms. The number of methoxy groups -OCH3 is 1. The molecule has 0 bridgehead atoms. The molecule has 0 aliphatic carbocycles. The molecule has 0 atom stereocenters. The first-order valence-corrected chi connectivity index (χ1v) is 14.0. The lowest BCUT2D eigenvalue weighted by molar-refractivity contribution is -0.167. The molecule has 0 spiro atoms. The van der Waals surface area contributed by atoms with E-state index in [2.05, 4.69) is 17.9 Å². The van der Waals surface area contributed by atoms with E-state index >= 15 is 0 Å². The molecule has 0 aromatic carbocycles. The van der Waals surface area contributed by atoms with Crippen molar-refractivity contribution in [2.24, 2.45) is 5.41 Å². The van der Waals surface area contributed by atoms with Gasteiger partial charge in [-0.3, -0.25) is 19.2 Å². The van der Waals surface area contributed by atoms with Crippen molar-refractivity contribution in [3.8, 4) is 0 Å². The maximum absolute atomic E-state index is 12.3. The Balaban J connectivity index is 5.15. The van der Waals surface area contributed by atoms with Gasteiger partial charge in [0.15, 0.2) is 0 Å². The standard InChI is InChI=1S/C25H36O11S2/c1-5-20(27)33-15-25(16-34-21(28)6-2,17-35-23(30)9-13-37-11-7-19(3)26)18-36-24(31)10-14-38-12-8-22(29)32-4/h5-6H,1-2,7-18H2,3-4H3. The molecule has 0 unspecified atom stereocenters. The Labute approximate surface area is 231 Å². The molecular weight excluding hydrogens is 540 g/mol. The Morgan fingerprint density at radius 2 is 1.00 bits per heavy atom. The molecule has 214 valence electrons. The fourth-order valence-corrected chi connectivity index (χ4v) is 4.19. The van der Waals surface area contributed by atoms with Gasteiger partial charge in [-0.1, -0.05) is 13.2 Å². The van der Waals surface area contributed by atoms with E-state index < -0.39 is 42.5 Å². The van der Waals surface area contributed by atoms with E-state index in [0.29, 0.717) is 29.4 Å². The van der Waals surface area contributed by atoms with Crippen molar-refractivity contribution in [1.29, 1.82) is 0 Å². The summed E-state index contributed by atoms with van der Waals surface area (Å²) in [5.41, 5.74) is -1.39. The van der Waals surface area contributed by atoms with Crippen LogP contribution in [-0.2, 0) is 52.5 Å². The smallest absolute Gasteiger partial charge is 0.330 e.